The molecule has 2 rings (SSSR count). The molecule has 0 fully saturated rings. The first-order valence-corrected chi connectivity index (χ1v) is 4.91. The van der Waals surface area contributed by atoms with Crippen LogP contribution in [0.5, 0.6) is 0 Å². The topological polar surface area (TPSA) is 68.3 Å². The van der Waals surface area contributed by atoms with Crippen molar-refractivity contribution in [2.24, 2.45) is 0 Å². The average molecular weight is 220 g/mol. The van der Waals surface area contributed by atoms with E-state index in [1.165, 1.54) is 12.3 Å². The van der Waals surface area contributed by atoms with E-state index in [0.717, 1.165) is 17.1 Å². The number of amides is 1. The first-order valence-electron chi connectivity index (χ1n) is 4.91. The molecule has 1 N–H and O–H groups in total. The minimum absolute atomic E-state index is 0.206. The Labute approximate surface area is 92.4 Å². The molecule has 0 radical (unpaired) electrons. The summed E-state index contributed by atoms with van der Waals surface area (Å²) < 4.78 is 10.1. The fourth-order valence-corrected chi connectivity index (χ4v) is 1.45. The summed E-state index contributed by atoms with van der Waals surface area (Å²) in [4.78, 5) is 11.5. The predicted molar refractivity (Wildman–Crippen MR) is 55.9 cm³/mol. The van der Waals surface area contributed by atoms with Gasteiger partial charge in [0.05, 0.1) is 6.20 Å². The summed E-state index contributed by atoms with van der Waals surface area (Å²) in [5.41, 5.74) is 0.963. The third-order valence-corrected chi connectivity index (χ3v) is 2.24. The number of hydrogen-bond donors (Lipinski definition) is 1. The van der Waals surface area contributed by atoms with Crippen molar-refractivity contribution < 1.29 is 13.7 Å². The molecule has 84 valence electrons. The molecular weight excluding hydrogens is 208 g/mol. The van der Waals surface area contributed by atoms with E-state index in [1.54, 1.807) is 0 Å². The van der Waals surface area contributed by atoms with Crippen LogP contribution < -0.4 is 5.32 Å². The van der Waals surface area contributed by atoms with E-state index >= 15 is 0 Å². The standard InChI is InChI=1S/C11H12N2O3/c1-7-5-9(8(2)15-7)6-12-11(14)10-3-4-13-16-10/h3-5H,6H2,1-2H3,(H,12,14). The Kier molecular flexibility index (Phi) is 2.76. The Hall–Kier alpha value is -2.04. The molecule has 1 amide bonds. The maximum absolute atomic E-state index is 11.5. The van der Waals surface area contributed by atoms with Crippen LogP contribution in [0.2, 0.25) is 0 Å². The first-order chi connectivity index (χ1) is 7.66. The van der Waals surface area contributed by atoms with E-state index in [-0.39, 0.29) is 11.7 Å². The van der Waals surface area contributed by atoms with Gasteiger partial charge < -0.3 is 14.3 Å². The zero-order valence-electron chi connectivity index (χ0n) is 9.11. The second kappa shape index (κ2) is 4.22. The van der Waals surface area contributed by atoms with Crippen LogP contribution in [0, 0.1) is 13.8 Å². The van der Waals surface area contributed by atoms with E-state index in [9.17, 15) is 4.79 Å². The number of nitrogens with zero attached hydrogens (tertiary/aromatic N) is 1. The lowest BCUT2D eigenvalue weighted by atomic mass is 10.2. The molecule has 5 nitrogen and oxygen atoms in total. The van der Waals surface area contributed by atoms with Crippen molar-refractivity contribution >= 4 is 5.91 Å². The Morgan fingerprint density at radius 1 is 1.50 bits per heavy atom. The van der Waals surface area contributed by atoms with Gasteiger partial charge in [-0.05, 0) is 19.9 Å². The van der Waals surface area contributed by atoms with Crippen molar-refractivity contribution in [1.82, 2.24) is 10.5 Å². The van der Waals surface area contributed by atoms with Gasteiger partial charge >= 0.3 is 0 Å². The fraction of sp³-hybridized carbons (Fsp3) is 0.273. The Bertz CT molecular complexity index is 485. The maximum atomic E-state index is 11.5. The van der Waals surface area contributed by atoms with Crippen LogP contribution in [0.4, 0.5) is 0 Å². The van der Waals surface area contributed by atoms with Crippen LogP contribution in [-0.2, 0) is 6.54 Å². The minimum atomic E-state index is -0.282. The second-order valence-electron chi connectivity index (χ2n) is 3.50. The zero-order chi connectivity index (χ0) is 11.5. The summed E-state index contributed by atoms with van der Waals surface area (Å²) >= 11 is 0. The Balaban J connectivity index is 1.98. The molecule has 0 bridgehead atoms. The van der Waals surface area contributed by atoms with Crippen molar-refractivity contribution in [3.05, 3.63) is 41.2 Å². The van der Waals surface area contributed by atoms with Gasteiger partial charge in [-0.2, -0.15) is 0 Å². The molecule has 5 heteroatoms. The summed E-state index contributed by atoms with van der Waals surface area (Å²) in [5, 5.41) is 6.19. The third-order valence-electron chi connectivity index (χ3n) is 2.24. The number of aromatic nitrogens is 1. The lowest BCUT2D eigenvalue weighted by Gasteiger charge is -2.00. The summed E-state index contributed by atoms with van der Waals surface area (Å²) in [6, 6.07) is 3.42. The molecule has 2 aromatic rings. The molecule has 0 aliphatic heterocycles. The lowest BCUT2D eigenvalue weighted by molar-refractivity contribution is 0.0914. The van der Waals surface area contributed by atoms with E-state index in [0.29, 0.717) is 6.54 Å². The quantitative estimate of drug-likeness (QED) is 0.856. The minimum Gasteiger partial charge on any atom is -0.466 e. The molecule has 0 aromatic carbocycles. The zero-order valence-corrected chi connectivity index (χ0v) is 9.11. The number of rotatable bonds is 3. The Morgan fingerprint density at radius 3 is 2.88 bits per heavy atom. The normalized spacial score (nSPS) is 10.4. The lowest BCUT2D eigenvalue weighted by Crippen LogP contribution is -2.22. The smallest absolute Gasteiger partial charge is 0.290 e. The van der Waals surface area contributed by atoms with Gasteiger partial charge in [-0.3, -0.25) is 4.79 Å². The second-order valence-corrected chi connectivity index (χ2v) is 3.50. The van der Waals surface area contributed by atoms with Gasteiger partial charge in [0.1, 0.15) is 11.5 Å². The van der Waals surface area contributed by atoms with Crippen molar-refractivity contribution in [2.45, 2.75) is 20.4 Å². The molecule has 0 saturated heterocycles. The Morgan fingerprint density at radius 2 is 2.31 bits per heavy atom. The van der Waals surface area contributed by atoms with Crippen LogP contribution in [0.1, 0.15) is 27.6 Å². The number of furan rings is 1. The molecule has 0 atom stereocenters. The van der Waals surface area contributed by atoms with Crippen LogP contribution in [0.3, 0.4) is 0 Å². The highest BCUT2D eigenvalue weighted by molar-refractivity contribution is 5.91. The van der Waals surface area contributed by atoms with Gasteiger partial charge in [0, 0.05) is 18.2 Å². The third kappa shape index (κ3) is 2.13. The molecule has 0 aliphatic carbocycles. The number of hydrogen-bond acceptors (Lipinski definition) is 4. The van der Waals surface area contributed by atoms with Crippen LogP contribution in [0.15, 0.2) is 27.3 Å². The molecule has 0 unspecified atom stereocenters. The molecule has 0 aliphatic rings. The number of carbonyl (C=O) groups is 1. The van der Waals surface area contributed by atoms with Crippen LogP contribution in [-0.4, -0.2) is 11.1 Å². The summed E-state index contributed by atoms with van der Waals surface area (Å²) in [6.45, 7) is 4.15. The molecule has 2 heterocycles. The number of carbonyl (C=O) groups excluding carboxylic acids is 1. The monoisotopic (exact) mass is 220 g/mol. The molecule has 16 heavy (non-hydrogen) atoms. The molecule has 0 spiro atoms. The van der Waals surface area contributed by atoms with Gasteiger partial charge in [-0.15, -0.1) is 0 Å². The van der Waals surface area contributed by atoms with E-state index < -0.39 is 0 Å². The molecule has 2 aromatic heterocycles. The fourth-order valence-electron chi connectivity index (χ4n) is 1.45. The highest BCUT2D eigenvalue weighted by Gasteiger charge is 2.11. The SMILES string of the molecule is Cc1cc(CNC(=O)c2ccno2)c(C)o1. The van der Waals surface area contributed by atoms with Gasteiger partial charge in [0.2, 0.25) is 5.76 Å². The highest BCUT2D eigenvalue weighted by atomic mass is 16.5. The summed E-state index contributed by atoms with van der Waals surface area (Å²) in [5.74, 6) is 1.57. The van der Waals surface area contributed by atoms with Crippen molar-refractivity contribution in [3.63, 3.8) is 0 Å². The van der Waals surface area contributed by atoms with Gasteiger partial charge in [0.15, 0.2) is 0 Å². The van der Waals surface area contributed by atoms with E-state index in [2.05, 4.69) is 10.5 Å². The predicted octanol–water partition coefficient (Wildman–Crippen LogP) is 1.81. The first kappa shape index (κ1) is 10.5. The highest BCUT2D eigenvalue weighted by Crippen LogP contribution is 2.13. The van der Waals surface area contributed by atoms with Crippen molar-refractivity contribution in [3.8, 4) is 0 Å². The van der Waals surface area contributed by atoms with Crippen molar-refractivity contribution in [1.29, 1.82) is 0 Å². The largest absolute Gasteiger partial charge is 0.466 e. The van der Waals surface area contributed by atoms with Crippen LogP contribution in [0.25, 0.3) is 0 Å². The number of aryl methyl sites for hydroxylation is 2. The van der Waals surface area contributed by atoms with Crippen LogP contribution >= 0.6 is 0 Å². The summed E-state index contributed by atoms with van der Waals surface area (Å²) in [7, 11) is 0. The maximum Gasteiger partial charge on any atom is 0.290 e. The van der Waals surface area contributed by atoms with Gasteiger partial charge in [-0.25, -0.2) is 0 Å². The molecular formula is C11H12N2O3. The summed E-state index contributed by atoms with van der Waals surface area (Å²) in [6.07, 6.45) is 1.43. The molecule has 0 saturated carbocycles. The average Bonchev–Trinajstić information content (AvgIpc) is 2.84. The van der Waals surface area contributed by atoms with Gasteiger partial charge in [0.25, 0.3) is 5.91 Å². The van der Waals surface area contributed by atoms with E-state index in [1.807, 2.05) is 19.9 Å². The van der Waals surface area contributed by atoms with Crippen molar-refractivity contribution in [2.75, 3.05) is 0 Å². The van der Waals surface area contributed by atoms with E-state index in [4.69, 9.17) is 8.94 Å². The number of nitrogens with one attached hydrogen (secondary N) is 1. The van der Waals surface area contributed by atoms with Gasteiger partial charge in [-0.1, -0.05) is 5.16 Å².